The van der Waals surface area contributed by atoms with Crippen LogP contribution < -0.4 is 0 Å². The van der Waals surface area contributed by atoms with Gasteiger partial charge < -0.3 is 9.47 Å². The molecule has 5 nitrogen and oxygen atoms in total. The first kappa shape index (κ1) is 13.5. The lowest BCUT2D eigenvalue weighted by Crippen LogP contribution is -2.37. The number of nitrogens with zero attached hydrogens (tertiary/aromatic N) is 1. The second-order valence-electron chi connectivity index (χ2n) is 5.42. The van der Waals surface area contributed by atoms with Gasteiger partial charge in [-0.2, -0.15) is 0 Å². The molecule has 0 saturated carbocycles. The highest BCUT2D eigenvalue weighted by molar-refractivity contribution is 6.18. The summed E-state index contributed by atoms with van der Waals surface area (Å²) in [5.74, 6) is 0.0478. The van der Waals surface area contributed by atoms with Gasteiger partial charge in [0.05, 0.1) is 13.2 Å². The summed E-state index contributed by atoms with van der Waals surface area (Å²) >= 11 is 0. The van der Waals surface area contributed by atoms with E-state index >= 15 is 0 Å². The molecule has 0 N–H and O–H groups in total. The molecular weight excluding hydrogens is 258 g/mol. The van der Waals surface area contributed by atoms with Crippen LogP contribution >= 0.6 is 0 Å². The highest BCUT2D eigenvalue weighted by atomic mass is 16.5. The largest absolute Gasteiger partial charge is 0.381 e. The SMILES string of the molecule is O=C1C=C(C2=CCOCC2)C(=O)N1CC1CCOCC1. The van der Waals surface area contributed by atoms with E-state index in [2.05, 4.69) is 0 Å². The molecule has 0 atom stereocenters. The molecule has 5 heteroatoms. The smallest absolute Gasteiger partial charge is 0.261 e. The van der Waals surface area contributed by atoms with Gasteiger partial charge in [0.2, 0.25) is 0 Å². The number of amides is 2. The molecule has 3 rings (SSSR count). The van der Waals surface area contributed by atoms with Gasteiger partial charge >= 0.3 is 0 Å². The fourth-order valence-electron chi connectivity index (χ4n) is 2.87. The molecule has 0 radical (unpaired) electrons. The zero-order valence-electron chi connectivity index (χ0n) is 11.5. The van der Waals surface area contributed by atoms with Gasteiger partial charge in [-0.05, 0) is 30.8 Å². The number of rotatable bonds is 3. The van der Waals surface area contributed by atoms with E-state index in [0.717, 1.165) is 31.6 Å². The Labute approximate surface area is 118 Å². The Balaban J connectivity index is 1.68. The van der Waals surface area contributed by atoms with Crippen molar-refractivity contribution in [2.45, 2.75) is 19.3 Å². The molecular formula is C15H19NO4. The van der Waals surface area contributed by atoms with Crippen molar-refractivity contribution >= 4 is 11.8 Å². The van der Waals surface area contributed by atoms with Crippen LogP contribution in [0.15, 0.2) is 23.3 Å². The van der Waals surface area contributed by atoms with E-state index in [1.165, 1.54) is 11.0 Å². The average Bonchev–Trinajstić information content (AvgIpc) is 2.77. The third-order valence-corrected chi connectivity index (χ3v) is 4.10. The van der Waals surface area contributed by atoms with Crippen LogP contribution in [0.2, 0.25) is 0 Å². The quantitative estimate of drug-likeness (QED) is 0.724. The fraction of sp³-hybridized carbons (Fsp3) is 0.600. The first-order valence-corrected chi connectivity index (χ1v) is 7.18. The monoisotopic (exact) mass is 277 g/mol. The number of carbonyl (C=O) groups excluding carboxylic acids is 2. The number of imide groups is 1. The molecule has 3 aliphatic rings. The van der Waals surface area contributed by atoms with E-state index in [-0.39, 0.29) is 11.8 Å². The van der Waals surface area contributed by atoms with Gasteiger partial charge in [-0.3, -0.25) is 14.5 Å². The van der Waals surface area contributed by atoms with Crippen molar-refractivity contribution in [3.05, 3.63) is 23.3 Å². The topological polar surface area (TPSA) is 55.8 Å². The lowest BCUT2D eigenvalue weighted by atomic mass is 9.99. The van der Waals surface area contributed by atoms with Gasteiger partial charge in [0.15, 0.2) is 0 Å². The maximum atomic E-state index is 12.4. The Hall–Kier alpha value is -1.46. The first-order valence-electron chi connectivity index (χ1n) is 7.18. The van der Waals surface area contributed by atoms with Crippen LogP contribution in [0.3, 0.4) is 0 Å². The Bertz CT molecular complexity index is 474. The van der Waals surface area contributed by atoms with Crippen molar-refractivity contribution in [3.8, 4) is 0 Å². The van der Waals surface area contributed by atoms with Crippen molar-refractivity contribution in [2.75, 3.05) is 33.0 Å². The average molecular weight is 277 g/mol. The molecule has 1 fully saturated rings. The predicted molar refractivity (Wildman–Crippen MR) is 71.9 cm³/mol. The lowest BCUT2D eigenvalue weighted by Gasteiger charge is -2.26. The second kappa shape index (κ2) is 5.89. The van der Waals surface area contributed by atoms with Gasteiger partial charge in [-0.1, -0.05) is 6.08 Å². The molecule has 0 aromatic heterocycles. The molecule has 0 aromatic rings. The summed E-state index contributed by atoms with van der Waals surface area (Å²) in [4.78, 5) is 25.9. The van der Waals surface area contributed by atoms with Gasteiger partial charge in [0.1, 0.15) is 0 Å². The van der Waals surface area contributed by atoms with Gasteiger partial charge in [0, 0.05) is 31.4 Å². The molecule has 20 heavy (non-hydrogen) atoms. The van der Waals surface area contributed by atoms with Crippen molar-refractivity contribution in [3.63, 3.8) is 0 Å². The molecule has 0 spiro atoms. The molecule has 0 bridgehead atoms. The van der Waals surface area contributed by atoms with Gasteiger partial charge in [-0.25, -0.2) is 0 Å². The number of carbonyl (C=O) groups is 2. The normalized spacial score (nSPS) is 24.9. The lowest BCUT2D eigenvalue weighted by molar-refractivity contribution is -0.138. The van der Waals surface area contributed by atoms with E-state index in [9.17, 15) is 9.59 Å². The number of hydrogen-bond acceptors (Lipinski definition) is 4. The van der Waals surface area contributed by atoms with Crippen LogP contribution in [-0.2, 0) is 19.1 Å². The van der Waals surface area contributed by atoms with Gasteiger partial charge in [0.25, 0.3) is 11.8 Å². The Morgan fingerprint density at radius 1 is 1.15 bits per heavy atom. The maximum absolute atomic E-state index is 12.4. The third kappa shape index (κ3) is 2.69. The Kier molecular flexibility index (Phi) is 3.98. The minimum absolute atomic E-state index is 0.144. The molecule has 2 amide bonds. The molecule has 0 aliphatic carbocycles. The van der Waals surface area contributed by atoms with Crippen LogP contribution in [0.25, 0.3) is 0 Å². The molecule has 0 aromatic carbocycles. The summed E-state index contributed by atoms with van der Waals surface area (Å²) in [7, 11) is 0. The minimum Gasteiger partial charge on any atom is -0.381 e. The predicted octanol–water partition coefficient (Wildman–Crippen LogP) is 1.05. The Morgan fingerprint density at radius 3 is 2.65 bits per heavy atom. The van der Waals surface area contributed by atoms with Crippen LogP contribution in [-0.4, -0.2) is 49.7 Å². The highest BCUT2D eigenvalue weighted by Gasteiger charge is 2.34. The van der Waals surface area contributed by atoms with Crippen molar-refractivity contribution < 1.29 is 19.1 Å². The first-order chi connectivity index (χ1) is 9.75. The number of ether oxygens (including phenoxy) is 2. The molecule has 0 unspecified atom stereocenters. The van der Waals surface area contributed by atoms with E-state index < -0.39 is 0 Å². The van der Waals surface area contributed by atoms with Crippen LogP contribution in [0, 0.1) is 5.92 Å². The van der Waals surface area contributed by atoms with Crippen molar-refractivity contribution in [1.29, 1.82) is 0 Å². The maximum Gasteiger partial charge on any atom is 0.261 e. The molecule has 1 saturated heterocycles. The zero-order chi connectivity index (χ0) is 13.9. The summed E-state index contributed by atoms with van der Waals surface area (Å²) in [6.07, 6.45) is 5.93. The van der Waals surface area contributed by atoms with Crippen LogP contribution in [0.1, 0.15) is 19.3 Å². The van der Waals surface area contributed by atoms with Crippen LogP contribution in [0.4, 0.5) is 0 Å². The standard InChI is InChI=1S/C15H19NO4/c17-14-9-13(12-3-7-20-8-4-12)15(18)16(14)10-11-1-5-19-6-2-11/h3,9,11H,1-2,4-8,10H2. The third-order valence-electron chi connectivity index (χ3n) is 4.10. The van der Waals surface area contributed by atoms with Gasteiger partial charge in [-0.15, -0.1) is 0 Å². The summed E-state index contributed by atoms with van der Waals surface area (Å²) in [6.45, 7) is 3.11. The van der Waals surface area contributed by atoms with E-state index in [4.69, 9.17) is 9.47 Å². The van der Waals surface area contributed by atoms with E-state index in [0.29, 0.717) is 37.7 Å². The summed E-state index contributed by atoms with van der Waals surface area (Å²) in [5, 5.41) is 0. The van der Waals surface area contributed by atoms with Crippen LogP contribution in [0.5, 0.6) is 0 Å². The molecule has 3 heterocycles. The summed E-state index contributed by atoms with van der Waals surface area (Å²) in [5.41, 5.74) is 1.51. The molecule has 108 valence electrons. The summed E-state index contributed by atoms with van der Waals surface area (Å²) < 4.78 is 10.6. The second-order valence-corrected chi connectivity index (χ2v) is 5.42. The molecule has 3 aliphatic heterocycles. The Morgan fingerprint density at radius 2 is 1.95 bits per heavy atom. The summed E-state index contributed by atoms with van der Waals surface area (Å²) in [6, 6.07) is 0. The van der Waals surface area contributed by atoms with E-state index in [1.807, 2.05) is 6.08 Å². The minimum atomic E-state index is -0.177. The van der Waals surface area contributed by atoms with Crippen molar-refractivity contribution in [1.82, 2.24) is 4.90 Å². The highest BCUT2D eigenvalue weighted by Crippen LogP contribution is 2.26. The van der Waals surface area contributed by atoms with Crippen molar-refractivity contribution in [2.24, 2.45) is 5.92 Å². The van der Waals surface area contributed by atoms with E-state index in [1.54, 1.807) is 0 Å². The number of hydrogen-bond donors (Lipinski definition) is 0. The fourth-order valence-corrected chi connectivity index (χ4v) is 2.87. The zero-order valence-corrected chi connectivity index (χ0v) is 11.5.